The maximum absolute atomic E-state index is 13.8. The van der Waals surface area contributed by atoms with Crippen LogP contribution in [0.3, 0.4) is 0 Å². The van der Waals surface area contributed by atoms with E-state index in [0.717, 1.165) is 32.2 Å². The Kier molecular flexibility index (Phi) is 5.09. The average molecular weight is 280 g/mol. The molecular formula is C15H21FN2O2. The number of carbonyl (C=O) groups is 1. The van der Waals surface area contributed by atoms with Crippen LogP contribution in [0.4, 0.5) is 4.39 Å². The summed E-state index contributed by atoms with van der Waals surface area (Å²) in [4.78, 5) is 10.9. The van der Waals surface area contributed by atoms with Gasteiger partial charge in [-0.15, -0.1) is 0 Å². The van der Waals surface area contributed by atoms with Crippen molar-refractivity contribution in [2.45, 2.75) is 38.3 Å². The number of aliphatic hydroxyl groups excluding tert-OH is 1. The number of hydrogen-bond donors (Lipinski definition) is 3. The summed E-state index contributed by atoms with van der Waals surface area (Å²) in [5, 5.41) is 12.8. The average Bonchev–Trinajstić information content (AvgIpc) is 2.40. The number of halogens is 1. The molecule has 2 rings (SSSR count). The second-order valence-corrected chi connectivity index (χ2v) is 5.49. The first kappa shape index (κ1) is 14.9. The van der Waals surface area contributed by atoms with Gasteiger partial charge in [0, 0.05) is 17.7 Å². The number of nitrogens with one attached hydrogen (secondary N) is 1. The molecule has 1 amide bonds. The van der Waals surface area contributed by atoms with Crippen LogP contribution < -0.4 is 11.1 Å². The van der Waals surface area contributed by atoms with Crippen LogP contribution in [0.1, 0.15) is 41.6 Å². The van der Waals surface area contributed by atoms with Gasteiger partial charge in [0.2, 0.25) is 5.91 Å². The fourth-order valence-electron chi connectivity index (χ4n) is 2.70. The molecular weight excluding hydrogens is 259 g/mol. The van der Waals surface area contributed by atoms with E-state index in [1.807, 2.05) is 0 Å². The highest BCUT2D eigenvalue weighted by Gasteiger charge is 2.19. The van der Waals surface area contributed by atoms with E-state index in [0.29, 0.717) is 18.0 Å². The molecule has 1 saturated carbocycles. The van der Waals surface area contributed by atoms with Crippen LogP contribution in [-0.4, -0.2) is 23.7 Å². The maximum atomic E-state index is 13.8. The minimum absolute atomic E-state index is 0.182. The van der Waals surface area contributed by atoms with E-state index in [4.69, 9.17) is 5.73 Å². The van der Waals surface area contributed by atoms with Crippen LogP contribution in [0.2, 0.25) is 0 Å². The number of benzene rings is 1. The quantitative estimate of drug-likeness (QED) is 0.766. The zero-order chi connectivity index (χ0) is 14.5. The lowest BCUT2D eigenvalue weighted by Crippen LogP contribution is -2.29. The zero-order valence-corrected chi connectivity index (χ0v) is 11.4. The van der Waals surface area contributed by atoms with Crippen LogP contribution in [0.5, 0.6) is 0 Å². The molecule has 110 valence electrons. The largest absolute Gasteiger partial charge is 0.393 e. The number of nitrogens with two attached hydrogens (primary N) is 1. The van der Waals surface area contributed by atoms with Crippen molar-refractivity contribution >= 4 is 5.91 Å². The highest BCUT2D eigenvalue weighted by molar-refractivity contribution is 5.92. The van der Waals surface area contributed by atoms with Crippen LogP contribution >= 0.6 is 0 Å². The van der Waals surface area contributed by atoms with Crippen LogP contribution in [0.15, 0.2) is 18.2 Å². The van der Waals surface area contributed by atoms with Crippen molar-refractivity contribution in [2.24, 2.45) is 11.7 Å². The number of hydrogen-bond acceptors (Lipinski definition) is 3. The standard InChI is InChI=1S/C15H21FN2O2/c16-14-7-11(15(17)20)4-5-12(14)9-18-8-10-2-1-3-13(19)6-10/h4-5,7,10,13,18-19H,1-3,6,8-9H2,(H2,17,20). The molecule has 0 aliphatic heterocycles. The van der Waals surface area contributed by atoms with Crippen LogP contribution in [0.25, 0.3) is 0 Å². The first-order valence-corrected chi connectivity index (χ1v) is 7.03. The Morgan fingerprint density at radius 3 is 2.90 bits per heavy atom. The third-order valence-electron chi connectivity index (χ3n) is 3.84. The second kappa shape index (κ2) is 6.81. The van der Waals surface area contributed by atoms with Gasteiger partial charge < -0.3 is 16.2 Å². The molecule has 1 aliphatic rings. The summed E-state index contributed by atoms with van der Waals surface area (Å²) in [5.74, 6) is -0.594. The van der Waals surface area contributed by atoms with Gasteiger partial charge in [0.05, 0.1) is 6.10 Å². The van der Waals surface area contributed by atoms with Gasteiger partial charge in [0.25, 0.3) is 0 Å². The maximum Gasteiger partial charge on any atom is 0.248 e. The van der Waals surface area contributed by atoms with Gasteiger partial charge in [0.1, 0.15) is 5.82 Å². The van der Waals surface area contributed by atoms with Gasteiger partial charge in [-0.25, -0.2) is 4.39 Å². The summed E-state index contributed by atoms with van der Waals surface area (Å²) in [6.45, 7) is 1.19. The van der Waals surface area contributed by atoms with E-state index in [1.54, 1.807) is 6.07 Å². The first-order chi connectivity index (χ1) is 9.56. The van der Waals surface area contributed by atoms with Gasteiger partial charge >= 0.3 is 0 Å². The van der Waals surface area contributed by atoms with E-state index < -0.39 is 11.7 Å². The summed E-state index contributed by atoms with van der Waals surface area (Å²) in [7, 11) is 0. The molecule has 0 bridgehead atoms. The lowest BCUT2D eigenvalue weighted by atomic mass is 9.87. The fraction of sp³-hybridized carbons (Fsp3) is 0.533. The Morgan fingerprint density at radius 2 is 2.25 bits per heavy atom. The highest BCUT2D eigenvalue weighted by Crippen LogP contribution is 2.23. The predicted octanol–water partition coefficient (Wildman–Crippen LogP) is 1.57. The van der Waals surface area contributed by atoms with Crippen molar-refractivity contribution in [1.82, 2.24) is 5.32 Å². The Bertz CT molecular complexity index is 479. The molecule has 0 aromatic heterocycles. The number of primary amides is 1. The first-order valence-electron chi connectivity index (χ1n) is 7.03. The molecule has 0 heterocycles. The van der Waals surface area contributed by atoms with Crippen molar-refractivity contribution in [2.75, 3.05) is 6.54 Å². The number of carbonyl (C=O) groups excluding carboxylic acids is 1. The molecule has 0 radical (unpaired) electrons. The molecule has 1 aromatic carbocycles. The molecule has 2 unspecified atom stereocenters. The lowest BCUT2D eigenvalue weighted by molar-refractivity contribution is 0.0997. The molecule has 0 spiro atoms. The monoisotopic (exact) mass is 280 g/mol. The molecule has 2 atom stereocenters. The molecule has 20 heavy (non-hydrogen) atoms. The normalized spacial score (nSPS) is 22.7. The third kappa shape index (κ3) is 4.02. The molecule has 4 nitrogen and oxygen atoms in total. The van der Waals surface area contributed by atoms with E-state index in [-0.39, 0.29) is 11.7 Å². The smallest absolute Gasteiger partial charge is 0.248 e. The number of amides is 1. The molecule has 5 heteroatoms. The van der Waals surface area contributed by atoms with Crippen molar-refractivity contribution in [1.29, 1.82) is 0 Å². The lowest BCUT2D eigenvalue weighted by Gasteiger charge is -2.26. The van der Waals surface area contributed by atoms with E-state index >= 15 is 0 Å². The molecule has 1 aromatic rings. The Balaban J connectivity index is 1.83. The van der Waals surface area contributed by atoms with E-state index in [1.165, 1.54) is 12.1 Å². The summed E-state index contributed by atoms with van der Waals surface area (Å²) in [6, 6.07) is 4.29. The van der Waals surface area contributed by atoms with Crippen molar-refractivity contribution < 1.29 is 14.3 Å². The molecule has 1 fully saturated rings. The fourth-order valence-corrected chi connectivity index (χ4v) is 2.70. The predicted molar refractivity (Wildman–Crippen MR) is 74.6 cm³/mol. The Morgan fingerprint density at radius 1 is 1.45 bits per heavy atom. The third-order valence-corrected chi connectivity index (χ3v) is 3.84. The second-order valence-electron chi connectivity index (χ2n) is 5.49. The molecule has 4 N–H and O–H groups in total. The summed E-state index contributed by atoms with van der Waals surface area (Å²) in [6.07, 6.45) is 3.67. The zero-order valence-electron chi connectivity index (χ0n) is 11.4. The van der Waals surface area contributed by atoms with E-state index in [2.05, 4.69) is 5.32 Å². The van der Waals surface area contributed by atoms with Gasteiger partial charge in [0.15, 0.2) is 0 Å². The van der Waals surface area contributed by atoms with Gasteiger partial charge in [-0.05, 0) is 43.9 Å². The number of rotatable bonds is 5. The van der Waals surface area contributed by atoms with E-state index in [9.17, 15) is 14.3 Å². The summed E-state index contributed by atoms with van der Waals surface area (Å²) < 4.78 is 13.8. The minimum atomic E-state index is -0.625. The van der Waals surface area contributed by atoms with Gasteiger partial charge in [-0.3, -0.25) is 4.79 Å². The highest BCUT2D eigenvalue weighted by atomic mass is 19.1. The number of aliphatic hydroxyl groups is 1. The van der Waals surface area contributed by atoms with Gasteiger partial charge in [-0.2, -0.15) is 0 Å². The van der Waals surface area contributed by atoms with Crippen molar-refractivity contribution in [3.05, 3.63) is 35.1 Å². The van der Waals surface area contributed by atoms with Crippen LogP contribution in [0, 0.1) is 11.7 Å². The Hall–Kier alpha value is -1.46. The Labute approximate surface area is 118 Å². The molecule has 1 aliphatic carbocycles. The SMILES string of the molecule is NC(=O)c1ccc(CNCC2CCCC(O)C2)c(F)c1. The van der Waals surface area contributed by atoms with Crippen LogP contribution in [-0.2, 0) is 6.54 Å². The van der Waals surface area contributed by atoms with Crippen molar-refractivity contribution in [3.8, 4) is 0 Å². The summed E-state index contributed by atoms with van der Waals surface area (Å²) >= 11 is 0. The molecule has 0 saturated heterocycles. The topological polar surface area (TPSA) is 75.4 Å². The van der Waals surface area contributed by atoms with Crippen molar-refractivity contribution in [3.63, 3.8) is 0 Å². The summed E-state index contributed by atoms with van der Waals surface area (Å²) in [5.41, 5.74) is 5.80. The van der Waals surface area contributed by atoms with Gasteiger partial charge in [-0.1, -0.05) is 12.5 Å². The minimum Gasteiger partial charge on any atom is -0.393 e.